The lowest BCUT2D eigenvalue weighted by Crippen LogP contribution is -2.43. The maximum absolute atomic E-state index is 12.9. The van der Waals surface area contributed by atoms with Crippen LogP contribution in [0.25, 0.3) is 0 Å². The van der Waals surface area contributed by atoms with Crippen LogP contribution in [-0.2, 0) is 14.3 Å². The third kappa shape index (κ3) is 7.15. The highest BCUT2D eigenvalue weighted by atomic mass is 16.5. The van der Waals surface area contributed by atoms with Gasteiger partial charge in [0.2, 0.25) is 0 Å². The lowest BCUT2D eigenvalue weighted by Gasteiger charge is -2.28. The number of carbonyl (C=O) groups excluding carboxylic acids is 2. The molecule has 0 bridgehead atoms. The van der Waals surface area contributed by atoms with Crippen molar-refractivity contribution in [2.75, 3.05) is 25.6 Å². The fourth-order valence-electron chi connectivity index (χ4n) is 2.62. The first kappa shape index (κ1) is 24.0. The lowest BCUT2D eigenvalue weighted by molar-refractivity contribution is -0.140. The molecule has 0 fully saturated rings. The summed E-state index contributed by atoms with van der Waals surface area (Å²) < 4.78 is 16.5. The van der Waals surface area contributed by atoms with Crippen molar-refractivity contribution < 1.29 is 23.8 Å². The average molecular weight is 394 g/mol. The van der Waals surface area contributed by atoms with Gasteiger partial charge in [0.25, 0.3) is 5.91 Å². The van der Waals surface area contributed by atoms with E-state index in [4.69, 9.17) is 14.2 Å². The minimum atomic E-state index is -0.912. The number of methoxy groups -OCH3 is 1. The molecule has 0 saturated carbocycles. The van der Waals surface area contributed by atoms with Crippen molar-refractivity contribution in [3.05, 3.63) is 23.8 Å². The minimum Gasteiger partial charge on any atom is -0.492 e. The SMILES string of the molecule is CCCC[C@@](C)(OCCC)C(=O)Nc1ccc(OCC(C)C)c(C(=O)OC)c1. The second-order valence-electron chi connectivity index (χ2n) is 7.54. The van der Waals surface area contributed by atoms with Gasteiger partial charge < -0.3 is 19.5 Å². The number of ether oxygens (including phenoxy) is 3. The first-order chi connectivity index (χ1) is 13.3. The van der Waals surface area contributed by atoms with Crippen molar-refractivity contribution >= 4 is 17.6 Å². The largest absolute Gasteiger partial charge is 0.492 e. The lowest BCUT2D eigenvalue weighted by atomic mass is 9.97. The number of anilines is 1. The van der Waals surface area contributed by atoms with Gasteiger partial charge in [0.1, 0.15) is 16.9 Å². The van der Waals surface area contributed by atoms with Gasteiger partial charge in [-0.25, -0.2) is 4.79 Å². The molecular formula is C22H35NO5. The fraction of sp³-hybridized carbons (Fsp3) is 0.636. The van der Waals surface area contributed by atoms with Crippen LogP contribution in [0.3, 0.4) is 0 Å². The number of hydrogen-bond donors (Lipinski definition) is 1. The van der Waals surface area contributed by atoms with Crippen LogP contribution in [0.5, 0.6) is 5.75 Å². The zero-order valence-corrected chi connectivity index (χ0v) is 18.1. The minimum absolute atomic E-state index is 0.221. The standard InChI is InChI=1S/C22H35NO5/c1-7-9-12-22(5,28-13-8-2)21(25)23-17-10-11-19(27-15-16(3)4)18(14-17)20(24)26-6/h10-11,14,16H,7-9,12-13,15H2,1-6H3,(H,23,25)/t22-/m1/s1. The molecule has 0 heterocycles. The maximum atomic E-state index is 12.9. The van der Waals surface area contributed by atoms with Crippen LogP contribution in [0.2, 0.25) is 0 Å². The summed E-state index contributed by atoms with van der Waals surface area (Å²) in [5.41, 5.74) is -0.125. The summed E-state index contributed by atoms with van der Waals surface area (Å²) in [6.07, 6.45) is 3.34. The van der Waals surface area contributed by atoms with E-state index in [1.807, 2.05) is 27.7 Å². The highest BCUT2D eigenvalue weighted by Crippen LogP contribution is 2.27. The van der Waals surface area contributed by atoms with Crippen molar-refractivity contribution in [3.63, 3.8) is 0 Å². The van der Waals surface area contributed by atoms with Crippen molar-refractivity contribution in [3.8, 4) is 5.75 Å². The number of rotatable bonds is 12. The third-order valence-electron chi connectivity index (χ3n) is 4.33. The van der Waals surface area contributed by atoms with E-state index < -0.39 is 11.6 Å². The van der Waals surface area contributed by atoms with Gasteiger partial charge in [0.15, 0.2) is 0 Å². The monoisotopic (exact) mass is 393 g/mol. The molecule has 0 unspecified atom stereocenters. The second kappa shape index (κ2) is 11.7. The van der Waals surface area contributed by atoms with E-state index in [2.05, 4.69) is 12.2 Å². The number of esters is 1. The average Bonchev–Trinajstić information content (AvgIpc) is 2.68. The molecule has 158 valence electrons. The van der Waals surface area contributed by atoms with E-state index in [1.54, 1.807) is 18.2 Å². The summed E-state index contributed by atoms with van der Waals surface area (Å²) in [5.74, 6) is 0.0290. The summed E-state index contributed by atoms with van der Waals surface area (Å²) in [6, 6.07) is 4.99. The molecular weight excluding hydrogens is 358 g/mol. The van der Waals surface area contributed by atoms with Crippen molar-refractivity contribution in [2.24, 2.45) is 5.92 Å². The zero-order chi connectivity index (χ0) is 21.2. The summed E-state index contributed by atoms with van der Waals surface area (Å²) in [4.78, 5) is 25.1. The molecule has 6 heteroatoms. The molecule has 0 aromatic heterocycles. The van der Waals surface area contributed by atoms with E-state index in [0.29, 0.717) is 37.0 Å². The highest BCUT2D eigenvalue weighted by Gasteiger charge is 2.33. The Kier molecular flexibility index (Phi) is 10.0. The Balaban J connectivity index is 3.04. The van der Waals surface area contributed by atoms with Gasteiger partial charge in [0.05, 0.1) is 13.7 Å². The first-order valence-corrected chi connectivity index (χ1v) is 10.1. The van der Waals surface area contributed by atoms with Crippen LogP contribution >= 0.6 is 0 Å². The van der Waals surface area contributed by atoms with E-state index in [-0.39, 0.29) is 11.5 Å². The number of nitrogens with one attached hydrogen (secondary N) is 1. The predicted octanol–water partition coefficient (Wildman–Crippen LogP) is 4.82. The van der Waals surface area contributed by atoms with Gasteiger partial charge >= 0.3 is 5.97 Å². The van der Waals surface area contributed by atoms with E-state index in [0.717, 1.165) is 19.3 Å². The Bertz CT molecular complexity index is 634. The molecule has 0 aliphatic carbocycles. The number of unbranched alkanes of at least 4 members (excludes halogenated alkanes) is 1. The van der Waals surface area contributed by atoms with E-state index >= 15 is 0 Å². The smallest absolute Gasteiger partial charge is 0.341 e. The molecule has 0 saturated heterocycles. The molecule has 0 spiro atoms. The Morgan fingerprint density at radius 2 is 1.89 bits per heavy atom. The molecule has 1 aromatic rings. The Morgan fingerprint density at radius 1 is 1.18 bits per heavy atom. The molecule has 1 N–H and O–H groups in total. The van der Waals surface area contributed by atoms with Crippen LogP contribution in [0.4, 0.5) is 5.69 Å². The molecule has 0 aliphatic rings. The topological polar surface area (TPSA) is 73.9 Å². The fourth-order valence-corrected chi connectivity index (χ4v) is 2.62. The quantitative estimate of drug-likeness (QED) is 0.515. The van der Waals surface area contributed by atoms with Gasteiger partial charge in [-0.1, -0.05) is 40.5 Å². The normalized spacial score (nSPS) is 13.1. The maximum Gasteiger partial charge on any atom is 0.341 e. The van der Waals surface area contributed by atoms with E-state index in [9.17, 15) is 9.59 Å². The van der Waals surface area contributed by atoms with Crippen LogP contribution in [-0.4, -0.2) is 37.8 Å². The van der Waals surface area contributed by atoms with Crippen LogP contribution in [0.15, 0.2) is 18.2 Å². The van der Waals surface area contributed by atoms with Crippen molar-refractivity contribution in [1.29, 1.82) is 0 Å². The van der Waals surface area contributed by atoms with Gasteiger partial charge in [-0.2, -0.15) is 0 Å². The Hall–Kier alpha value is -2.08. The van der Waals surface area contributed by atoms with E-state index in [1.165, 1.54) is 7.11 Å². The Labute approximate surface area is 168 Å². The predicted molar refractivity (Wildman–Crippen MR) is 111 cm³/mol. The van der Waals surface area contributed by atoms with Gasteiger partial charge in [0, 0.05) is 12.3 Å². The summed E-state index contributed by atoms with van der Waals surface area (Å²) >= 11 is 0. The van der Waals surface area contributed by atoms with Gasteiger partial charge in [-0.3, -0.25) is 4.79 Å². The zero-order valence-electron chi connectivity index (χ0n) is 18.1. The number of amides is 1. The molecule has 6 nitrogen and oxygen atoms in total. The molecule has 0 radical (unpaired) electrons. The number of hydrogen-bond acceptors (Lipinski definition) is 5. The molecule has 28 heavy (non-hydrogen) atoms. The summed E-state index contributed by atoms with van der Waals surface area (Å²) in [6.45, 7) is 11.0. The Morgan fingerprint density at radius 3 is 2.46 bits per heavy atom. The second-order valence-corrected chi connectivity index (χ2v) is 7.54. The van der Waals surface area contributed by atoms with Crippen LogP contribution < -0.4 is 10.1 Å². The van der Waals surface area contributed by atoms with Crippen LogP contribution in [0, 0.1) is 5.92 Å². The molecule has 1 amide bonds. The van der Waals surface area contributed by atoms with Crippen LogP contribution in [0.1, 0.15) is 70.7 Å². The molecule has 1 rings (SSSR count). The molecule has 1 aromatic carbocycles. The van der Waals surface area contributed by atoms with Crippen molar-refractivity contribution in [2.45, 2.75) is 65.9 Å². The summed E-state index contributed by atoms with van der Waals surface area (Å²) in [5, 5.41) is 2.88. The number of benzene rings is 1. The first-order valence-electron chi connectivity index (χ1n) is 10.1. The highest BCUT2D eigenvalue weighted by molar-refractivity contribution is 5.99. The molecule has 0 aliphatic heterocycles. The number of carbonyl (C=O) groups is 2. The third-order valence-corrected chi connectivity index (χ3v) is 4.33. The molecule has 1 atom stereocenters. The van der Waals surface area contributed by atoms with Gasteiger partial charge in [-0.05, 0) is 43.9 Å². The van der Waals surface area contributed by atoms with Gasteiger partial charge in [-0.15, -0.1) is 0 Å². The van der Waals surface area contributed by atoms with Crippen molar-refractivity contribution in [1.82, 2.24) is 0 Å². The summed E-state index contributed by atoms with van der Waals surface area (Å²) in [7, 11) is 1.32.